The van der Waals surface area contributed by atoms with Crippen molar-refractivity contribution in [3.63, 3.8) is 0 Å². The number of carbonyl (C=O) groups is 3. The SMILES string of the molecule is CC(=O)C(C)OC(=O)C(O)CC(=O)O. The summed E-state index contributed by atoms with van der Waals surface area (Å²) in [4.78, 5) is 31.7. The van der Waals surface area contributed by atoms with Gasteiger partial charge >= 0.3 is 11.9 Å². The number of Topliss-reactive ketones (excluding diaryl/α,β-unsaturated/α-hetero) is 1. The third-order valence-electron chi connectivity index (χ3n) is 1.51. The summed E-state index contributed by atoms with van der Waals surface area (Å²) in [6.45, 7) is 2.56. The van der Waals surface area contributed by atoms with E-state index < -0.39 is 30.6 Å². The Balaban J connectivity index is 4.07. The minimum absolute atomic E-state index is 0.374. The Kier molecular flexibility index (Phi) is 4.79. The highest BCUT2D eigenvalue weighted by Crippen LogP contribution is 2.00. The van der Waals surface area contributed by atoms with Crippen molar-refractivity contribution in [1.29, 1.82) is 0 Å². The molecule has 0 saturated carbocycles. The Morgan fingerprint density at radius 2 is 1.86 bits per heavy atom. The van der Waals surface area contributed by atoms with Gasteiger partial charge in [0.15, 0.2) is 18.0 Å². The van der Waals surface area contributed by atoms with Crippen LogP contribution in [0.5, 0.6) is 0 Å². The molecule has 2 unspecified atom stereocenters. The third-order valence-corrected chi connectivity index (χ3v) is 1.51. The predicted octanol–water partition coefficient (Wildman–Crippen LogP) is -0.657. The zero-order valence-corrected chi connectivity index (χ0v) is 7.89. The molecule has 6 heteroatoms. The van der Waals surface area contributed by atoms with E-state index in [4.69, 9.17) is 10.2 Å². The smallest absolute Gasteiger partial charge is 0.336 e. The first-order valence-corrected chi connectivity index (χ1v) is 3.95. The number of hydrogen-bond donors (Lipinski definition) is 2. The standard InChI is InChI=1S/C8H12O6/c1-4(9)5(2)14-8(13)6(10)3-7(11)12/h5-6,10H,3H2,1-2H3,(H,11,12). The second kappa shape index (κ2) is 5.33. The minimum Gasteiger partial charge on any atom is -0.481 e. The molecule has 0 aromatic rings. The summed E-state index contributed by atoms with van der Waals surface area (Å²) in [6.07, 6.45) is -3.43. The summed E-state index contributed by atoms with van der Waals surface area (Å²) in [5, 5.41) is 17.2. The molecule has 0 aliphatic carbocycles. The first-order valence-electron chi connectivity index (χ1n) is 3.95. The molecule has 2 atom stereocenters. The summed E-state index contributed by atoms with van der Waals surface area (Å²) in [5.41, 5.74) is 0. The van der Waals surface area contributed by atoms with E-state index in [1.54, 1.807) is 0 Å². The number of aliphatic carboxylic acids is 1. The van der Waals surface area contributed by atoms with Gasteiger partial charge in [-0.1, -0.05) is 0 Å². The van der Waals surface area contributed by atoms with Gasteiger partial charge in [0.25, 0.3) is 0 Å². The first kappa shape index (κ1) is 12.6. The molecule has 2 N–H and O–H groups in total. The lowest BCUT2D eigenvalue weighted by Crippen LogP contribution is -2.31. The van der Waals surface area contributed by atoms with Gasteiger partial charge in [0, 0.05) is 0 Å². The van der Waals surface area contributed by atoms with Gasteiger partial charge in [-0.25, -0.2) is 4.79 Å². The lowest BCUT2D eigenvalue weighted by Gasteiger charge is -2.12. The molecule has 0 aromatic carbocycles. The Morgan fingerprint density at radius 1 is 1.36 bits per heavy atom. The maximum atomic E-state index is 10.9. The van der Waals surface area contributed by atoms with Crippen LogP contribution in [0.4, 0.5) is 0 Å². The fourth-order valence-electron chi connectivity index (χ4n) is 0.584. The Morgan fingerprint density at radius 3 is 2.21 bits per heavy atom. The third kappa shape index (κ3) is 4.56. The highest BCUT2D eigenvalue weighted by molar-refractivity contribution is 5.85. The molecule has 6 nitrogen and oxygen atoms in total. The molecule has 0 spiro atoms. The van der Waals surface area contributed by atoms with Gasteiger partial charge in [0.1, 0.15) is 0 Å². The van der Waals surface area contributed by atoms with E-state index in [0.29, 0.717) is 0 Å². The summed E-state index contributed by atoms with van der Waals surface area (Å²) >= 11 is 0. The molecule has 0 aliphatic heterocycles. The molecule has 0 radical (unpaired) electrons. The minimum atomic E-state index is -1.73. The number of aliphatic hydroxyl groups excluding tert-OH is 1. The molecule has 0 bridgehead atoms. The number of ether oxygens (including phenoxy) is 1. The molecule has 0 fully saturated rings. The molecule has 0 heterocycles. The van der Waals surface area contributed by atoms with E-state index in [-0.39, 0.29) is 5.78 Å². The van der Waals surface area contributed by atoms with Crippen molar-refractivity contribution in [1.82, 2.24) is 0 Å². The van der Waals surface area contributed by atoms with Crippen LogP contribution in [0.3, 0.4) is 0 Å². The molecule has 0 amide bonds. The number of esters is 1. The van der Waals surface area contributed by atoms with E-state index >= 15 is 0 Å². The average Bonchev–Trinajstić information content (AvgIpc) is 2.02. The Labute approximate surface area is 80.5 Å². The van der Waals surface area contributed by atoms with Crippen LogP contribution in [-0.4, -0.2) is 40.1 Å². The van der Waals surface area contributed by atoms with Crippen molar-refractivity contribution in [3.8, 4) is 0 Å². The highest BCUT2D eigenvalue weighted by atomic mass is 16.6. The summed E-state index contributed by atoms with van der Waals surface area (Å²) in [6, 6.07) is 0. The zero-order valence-electron chi connectivity index (χ0n) is 7.89. The van der Waals surface area contributed by atoms with Crippen molar-refractivity contribution in [2.45, 2.75) is 32.5 Å². The zero-order chi connectivity index (χ0) is 11.3. The molecule has 0 aromatic heterocycles. The maximum absolute atomic E-state index is 10.9. The molecule has 80 valence electrons. The van der Waals surface area contributed by atoms with Crippen molar-refractivity contribution in [2.24, 2.45) is 0 Å². The van der Waals surface area contributed by atoms with Crippen LogP contribution in [0.25, 0.3) is 0 Å². The van der Waals surface area contributed by atoms with Crippen LogP contribution < -0.4 is 0 Å². The van der Waals surface area contributed by atoms with Crippen molar-refractivity contribution >= 4 is 17.7 Å². The van der Waals surface area contributed by atoms with Crippen LogP contribution in [0.2, 0.25) is 0 Å². The van der Waals surface area contributed by atoms with Gasteiger partial charge in [-0.3, -0.25) is 9.59 Å². The highest BCUT2D eigenvalue weighted by Gasteiger charge is 2.23. The van der Waals surface area contributed by atoms with Crippen LogP contribution in [-0.2, 0) is 19.1 Å². The second-order valence-electron chi connectivity index (χ2n) is 2.80. The Bertz CT molecular complexity index is 246. The van der Waals surface area contributed by atoms with E-state index in [9.17, 15) is 14.4 Å². The van der Waals surface area contributed by atoms with Crippen LogP contribution in [0, 0.1) is 0 Å². The number of hydrogen-bond acceptors (Lipinski definition) is 5. The number of aliphatic hydroxyl groups is 1. The molecular formula is C8H12O6. The van der Waals surface area contributed by atoms with Crippen LogP contribution in [0.1, 0.15) is 20.3 Å². The van der Waals surface area contributed by atoms with Crippen molar-refractivity contribution < 1.29 is 29.3 Å². The lowest BCUT2D eigenvalue weighted by molar-refractivity contribution is -0.164. The monoisotopic (exact) mass is 204 g/mol. The van der Waals surface area contributed by atoms with Gasteiger partial charge < -0.3 is 14.9 Å². The average molecular weight is 204 g/mol. The number of carbonyl (C=O) groups excluding carboxylic acids is 2. The molecule has 0 rings (SSSR count). The van der Waals surface area contributed by atoms with Gasteiger partial charge in [0.2, 0.25) is 0 Å². The van der Waals surface area contributed by atoms with Gasteiger partial charge in [-0.15, -0.1) is 0 Å². The van der Waals surface area contributed by atoms with Gasteiger partial charge in [-0.2, -0.15) is 0 Å². The summed E-state index contributed by atoms with van der Waals surface area (Å²) < 4.78 is 4.47. The molecule has 0 aliphatic rings. The van der Waals surface area contributed by atoms with Crippen LogP contribution >= 0.6 is 0 Å². The second-order valence-corrected chi connectivity index (χ2v) is 2.80. The quantitative estimate of drug-likeness (QED) is 0.576. The van der Waals surface area contributed by atoms with Crippen molar-refractivity contribution in [3.05, 3.63) is 0 Å². The normalized spacial score (nSPS) is 14.2. The summed E-state index contributed by atoms with van der Waals surface area (Å²) in [7, 11) is 0. The van der Waals surface area contributed by atoms with E-state index in [1.165, 1.54) is 13.8 Å². The van der Waals surface area contributed by atoms with Gasteiger partial charge in [0.05, 0.1) is 6.42 Å². The number of carboxylic acid groups (broad SMARTS) is 1. The van der Waals surface area contributed by atoms with E-state index in [2.05, 4.69) is 4.74 Å². The lowest BCUT2D eigenvalue weighted by atomic mass is 10.2. The Hall–Kier alpha value is -1.43. The molecular weight excluding hydrogens is 192 g/mol. The fraction of sp³-hybridized carbons (Fsp3) is 0.625. The number of rotatable bonds is 5. The number of ketones is 1. The van der Waals surface area contributed by atoms with Crippen molar-refractivity contribution in [2.75, 3.05) is 0 Å². The van der Waals surface area contributed by atoms with E-state index in [0.717, 1.165) is 0 Å². The van der Waals surface area contributed by atoms with E-state index in [1.807, 2.05) is 0 Å². The number of carboxylic acids is 1. The van der Waals surface area contributed by atoms with Gasteiger partial charge in [-0.05, 0) is 13.8 Å². The predicted molar refractivity (Wildman–Crippen MR) is 44.5 cm³/mol. The summed E-state index contributed by atoms with van der Waals surface area (Å²) in [5.74, 6) is -2.79. The molecule has 14 heavy (non-hydrogen) atoms. The maximum Gasteiger partial charge on any atom is 0.336 e. The first-order chi connectivity index (χ1) is 6.34. The molecule has 0 saturated heterocycles. The van der Waals surface area contributed by atoms with Crippen LogP contribution in [0.15, 0.2) is 0 Å². The topological polar surface area (TPSA) is 101 Å². The fourth-order valence-corrected chi connectivity index (χ4v) is 0.584. The largest absolute Gasteiger partial charge is 0.481 e.